The standard InChI is InChI=1S/C14H14BrF3N2O/c15-8-3-7(14(16,17)18)4-10(5-8)20-13(21)11-6-9-1-2-12(11)19-9/h3-5,9,11-12,19H,1-2,6H2,(H,20,21). The molecule has 3 rings (SSSR count). The molecule has 2 fully saturated rings. The van der Waals surface area contributed by atoms with E-state index in [9.17, 15) is 18.0 Å². The quantitative estimate of drug-likeness (QED) is 0.844. The highest BCUT2D eigenvalue weighted by atomic mass is 79.9. The molecular formula is C14H14BrF3N2O. The Morgan fingerprint density at radius 2 is 2.05 bits per heavy atom. The van der Waals surface area contributed by atoms with Gasteiger partial charge in [0.05, 0.1) is 11.5 Å². The van der Waals surface area contributed by atoms with E-state index >= 15 is 0 Å². The normalized spacial score (nSPS) is 27.9. The lowest BCUT2D eigenvalue weighted by Gasteiger charge is -2.20. The molecule has 1 amide bonds. The van der Waals surface area contributed by atoms with E-state index in [1.165, 1.54) is 6.07 Å². The molecular weight excluding hydrogens is 349 g/mol. The molecule has 114 valence electrons. The number of hydrogen-bond donors (Lipinski definition) is 2. The van der Waals surface area contributed by atoms with Crippen LogP contribution in [-0.2, 0) is 11.0 Å². The number of carbonyl (C=O) groups excluding carboxylic acids is 1. The average molecular weight is 363 g/mol. The highest BCUT2D eigenvalue weighted by Crippen LogP contribution is 2.36. The van der Waals surface area contributed by atoms with E-state index in [2.05, 4.69) is 26.6 Å². The van der Waals surface area contributed by atoms with Gasteiger partial charge in [0, 0.05) is 22.2 Å². The molecule has 3 nitrogen and oxygen atoms in total. The third-order valence-corrected chi connectivity index (χ3v) is 4.59. The Labute approximate surface area is 128 Å². The topological polar surface area (TPSA) is 41.1 Å². The SMILES string of the molecule is O=C(Nc1cc(Br)cc(C(F)(F)F)c1)C1CC2CCC1N2. The number of fused-ring (bicyclic) bond motifs is 2. The molecule has 2 bridgehead atoms. The smallest absolute Gasteiger partial charge is 0.326 e. The first-order valence-electron chi connectivity index (χ1n) is 6.77. The molecule has 0 spiro atoms. The van der Waals surface area contributed by atoms with E-state index in [4.69, 9.17) is 0 Å². The largest absolute Gasteiger partial charge is 0.416 e. The molecule has 1 aromatic carbocycles. The third-order valence-electron chi connectivity index (χ3n) is 4.13. The molecule has 2 aliphatic rings. The lowest BCUT2D eigenvalue weighted by atomic mass is 9.88. The zero-order chi connectivity index (χ0) is 15.2. The van der Waals surface area contributed by atoms with Crippen LogP contribution in [0.5, 0.6) is 0 Å². The van der Waals surface area contributed by atoms with Crippen molar-refractivity contribution in [3.05, 3.63) is 28.2 Å². The van der Waals surface area contributed by atoms with E-state index < -0.39 is 11.7 Å². The highest BCUT2D eigenvalue weighted by Gasteiger charge is 2.42. The molecule has 2 aliphatic heterocycles. The average Bonchev–Trinajstić information content (AvgIpc) is 2.99. The van der Waals surface area contributed by atoms with Gasteiger partial charge in [-0.2, -0.15) is 13.2 Å². The molecule has 0 aliphatic carbocycles. The minimum Gasteiger partial charge on any atom is -0.326 e. The van der Waals surface area contributed by atoms with Crippen molar-refractivity contribution in [2.45, 2.75) is 37.5 Å². The molecule has 0 radical (unpaired) electrons. The zero-order valence-electron chi connectivity index (χ0n) is 11.0. The van der Waals surface area contributed by atoms with Gasteiger partial charge in [0.1, 0.15) is 0 Å². The number of benzene rings is 1. The summed E-state index contributed by atoms with van der Waals surface area (Å²) in [6.07, 6.45) is -1.65. The summed E-state index contributed by atoms with van der Waals surface area (Å²) in [7, 11) is 0. The summed E-state index contributed by atoms with van der Waals surface area (Å²) >= 11 is 3.05. The van der Waals surface area contributed by atoms with E-state index in [0.29, 0.717) is 10.5 Å². The number of alkyl halides is 3. The van der Waals surface area contributed by atoms with Gasteiger partial charge in [-0.3, -0.25) is 4.79 Å². The predicted molar refractivity (Wildman–Crippen MR) is 75.8 cm³/mol. The van der Waals surface area contributed by atoms with Gasteiger partial charge in [0.25, 0.3) is 0 Å². The van der Waals surface area contributed by atoms with Gasteiger partial charge in [-0.25, -0.2) is 0 Å². The first-order chi connectivity index (χ1) is 9.83. The maximum atomic E-state index is 12.8. The lowest BCUT2D eigenvalue weighted by Crippen LogP contribution is -2.32. The van der Waals surface area contributed by atoms with Gasteiger partial charge in [0.15, 0.2) is 0 Å². The maximum Gasteiger partial charge on any atom is 0.416 e. The Kier molecular flexibility index (Phi) is 3.73. The first-order valence-corrected chi connectivity index (χ1v) is 7.57. The Morgan fingerprint density at radius 1 is 1.29 bits per heavy atom. The van der Waals surface area contributed by atoms with Crippen molar-refractivity contribution in [3.8, 4) is 0 Å². The van der Waals surface area contributed by atoms with Crippen LogP contribution in [-0.4, -0.2) is 18.0 Å². The van der Waals surface area contributed by atoms with Crippen molar-refractivity contribution in [1.82, 2.24) is 5.32 Å². The van der Waals surface area contributed by atoms with Crippen LogP contribution in [0.2, 0.25) is 0 Å². The Bertz CT molecular complexity index is 576. The fourth-order valence-corrected chi connectivity index (χ4v) is 3.67. The fourth-order valence-electron chi connectivity index (χ4n) is 3.17. The molecule has 2 heterocycles. The minimum atomic E-state index is -4.43. The monoisotopic (exact) mass is 362 g/mol. The van der Waals surface area contributed by atoms with Crippen LogP contribution in [0, 0.1) is 5.92 Å². The molecule has 0 saturated carbocycles. The molecule has 3 atom stereocenters. The van der Waals surface area contributed by atoms with Gasteiger partial charge in [-0.15, -0.1) is 0 Å². The van der Waals surface area contributed by atoms with Crippen LogP contribution in [0.25, 0.3) is 0 Å². The number of hydrogen-bond acceptors (Lipinski definition) is 2. The van der Waals surface area contributed by atoms with Crippen molar-refractivity contribution in [2.24, 2.45) is 5.92 Å². The summed E-state index contributed by atoms with van der Waals surface area (Å²) in [6, 6.07) is 3.97. The number of rotatable bonds is 2. The summed E-state index contributed by atoms with van der Waals surface area (Å²) < 4.78 is 38.6. The number of amides is 1. The van der Waals surface area contributed by atoms with Gasteiger partial charge in [0.2, 0.25) is 5.91 Å². The van der Waals surface area contributed by atoms with E-state index in [-0.39, 0.29) is 23.6 Å². The van der Waals surface area contributed by atoms with Crippen LogP contribution in [0.15, 0.2) is 22.7 Å². The van der Waals surface area contributed by atoms with Crippen molar-refractivity contribution in [3.63, 3.8) is 0 Å². The lowest BCUT2D eigenvalue weighted by molar-refractivity contribution is -0.137. The van der Waals surface area contributed by atoms with Gasteiger partial charge in [-0.1, -0.05) is 15.9 Å². The second-order valence-electron chi connectivity index (χ2n) is 5.61. The van der Waals surface area contributed by atoms with Crippen LogP contribution in [0.1, 0.15) is 24.8 Å². The second kappa shape index (κ2) is 5.28. The molecule has 2 N–H and O–H groups in total. The first kappa shape index (κ1) is 14.8. The summed E-state index contributed by atoms with van der Waals surface area (Å²) in [5.41, 5.74) is -0.609. The Morgan fingerprint density at radius 3 is 2.62 bits per heavy atom. The Hall–Kier alpha value is -1.08. The van der Waals surface area contributed by atoms with Crippen LogP contribution >= 0.6 is 15.9 Å². The predicted octanol–water partition coefficient (Wildman–Crippen LogP) is 3.55. The molecule has 2 saturated heterocycles. The van der Waals surface area contributed by atoms with Crippen molar-refractivity contribution >= 4 is 27.5 Å². The molecule has 0 aromatic heterocycles. The summed E-state index contributed by atoms with van der Waals surface area (Å²) in [5, 5.41) is 5.95. The van der Waals surface area contributed by atoms with Crippen molar-refractivity contribution in [2.75, 3.05) is 5.32 Å². The van der Waals surface area contributed by atoms with E-state index in [1.54, 1.807) is 0 Å². The second-order valence-corrected chi connectivity index (χ2v) is 6.52. The van der Waals surface area contributed by atoms with E-state index in [0.717, 1.165) is 31.4 Å². The number of nitrogens with one attached hydrogen (secondary N) is 2. The Balaban J connectivity index is 1.75. The van der Waals surface area contributed by atoms with Gasteiger partial charge < -0.3 is 10.6 Å². The molecule has 1 aromatic rings. The fraction of sp³-hybridized carbons (Fsp3) is 0.500. The number of carbonyl (C=O) groups is 1. The summed E-state index contributed by atoms with van der Waals surface area (Å²) in [4.78, 5) is 12.2. The zero-order valence-corrected chi connectivity index (χ0v) is 12.6. The third kappa shape index (κ3) is 3.08. The van der Waals surface area contributed by atoms with Gasteiger partial charge in [-0.05, 0) is 37.5 Å². The summed E-state index contributed by atoms with van der Waals surface area (Å²) in [6.45, 7) is 0. The molecule has 7 heteroatoms. The highest BCUT2D eigenvalue weighted by molar-refractivity contribution is 9.10. The van der Waals surface area contributed by atoms with Crippen molar-refractivity contribution < 1.29 is 18.0 Å². The van der Waals surface area contributed by atoms with Crippen LogP contribution < -0.4 is 10.6 Å². The molecule has 21 heavy (non-hydrogen) atoms. The summed E-state index contributed by atoms with van der Waals surface area (Å²) in [5.74, 6) is -0.363. The van der Waals surface area contributed by atoms with Crippen molar-refractivity contribution in [1.29, 1.82) is 0 Å². The van der Waals surface area contributed by atoms with Crippen LogP contribution in [0.4, 0.5) is 18.9 Å². The number of anilines is 1. The van der Waals surface area contributed by atoms with E-state index in [1.807, 2.05) is 0 Å². The molecule has 3 unspecified atom stereocenters. The number of halogens is 4. The van der Waals surface area contributed by atoms with Gasteiger partial charge >= 0.3 is 6.18 Å². The maximum absolute atomic E-state index is 12.8. The van der Waals surface area contributed by atoms with Crippen LogP contribution in [0.3, 0.4) is 0 Å². The minimum absolute atomic E-state index is 0.155.